The van der Waals surface area contributed by atoms with E-state index in [2.05, 4.69) is 217 Å². The summed E-state index contributed by atoms with van der Waals surface area (Å²) in [7, 11) is 0. The van der Waals surface area contributed by atoms with Crippen molar-refractivity contribution in [3.63, 3.8) is 0 Å². The molecule has 0 unspecified atom stereocenters. The van der Waals surface area contributed by atoms with Crippen molar-refractivity contribution in [3.8, 4) is 61.6 Å². The lowest BCUT2D eigenvalue weighted by atomic mass is 9.94. The van der Waals surface area contributed by atoms with Gasteiger partial charge in [0.15, 0.2) is 0 Å². The molecular weight excluding hydrogens is 857 g/mol. The SMILES string of the molecule is c1ccc(-c2cc(-c3ccc4c(c3)oc3ccccc34)cc(-c3cccc4oc5ccc(-c6cccc7oc8ccc(-c9ccc%10c(c9)c9ccccc9n%10-c9ccccc9)cc8c67)cc5c34)n2)cc1. The van der Waals surface area contributed by atoms with E-state index in [1.807, 2.05) is 18.2 Å². The van der Waals surface area contributed by atoms with Crippen LogP contribution in [-0.2, 0) is 0 Å². The highest BCUT2D eigenvalue weighted by atomic mass is 16.3. The van der Waals surface area contributed by atoms with Gasteiger partial charge in [-0.25, -0.2) is 4.98 Å². The van der Waals surface area contributed by atoms with Crippen LogP contribution in [0.2, 0.25) is 0 Å². The molecule has 0 amide bonds. The van der Waals surface area contributed by atoms with Crippen molar-refractivity contribution in [2.75, 3.05) is 0 Å². The van der Waals surface area contributed by atoms with E-state index in [1.54, 1.807) is 0 Å². The predicted molar refractivity (Wildman–Crippen MR) is 288 cm³/mol. The summed E-state index contributed by atoms with van der Waals surface area (Å²) < 4.78 is 22.0. The van der Waals surface area contributed by atoms with E-state index in [4.69, 9.17) is 18.2 Å². The lowest BCUT2D eigenvalue weighted by Gasteiger charge is -2.11. The predicted octanol–water partition coefficient (Wildman–Crippen LogP) is 18.2. The van der Waals surface area contributed by atoms with E-state index in [1.165, 1.54) is 21.8 Å². The minimum Gasteiger partial charge on any atom is -0.456 e. The monoisotopic (exact) mass is 894 g/mol. The molecule has 70 heavy (non-hydrogen) atoms. The Hall–Kier alpha value is -9.45. The minimum absolute atomic E-state index is 0.808. The second kappa shape index (κ2) is 15.0. The van der Waals surface area contributed by atoms with Crippen LogP contribution < -0.4 is 0 Å². The zero-order valence-corrected chi connectivity index (χ0v) is 37.6. The van der Waals surface area contributed by atoms with Crippen molar-refractivity contribution in [2.45, 2.75) is 0 Å². The Balaban J connectivity index is 0.876. The van der Waals surface area contributed by atoms with E-state index >= 15 is 0 Å². The molecular formula is C65H38N2O3. The molecule has 15 rings (SSSR count). The van der Waals surface area contributed by atoms with Crippen LogP contribution >= 0.6 is 0 Å². The van der Waals surface area contributed by atoms with Gasteiger partial charge in [0.05, 0.1) is 22.4 Å². The summed E-state index contributed by atoms with van der Waals surface area (Å²) in [4.78, 5) is 5.38. The normalized spacial score (nSPS) is 12.0. The smallest absolute Gasteiger partial charge is 0.136 e. The lowest BCUT2D eigenvalue weighted by Crippen LogP contribution is -1.92. The summed E-state index contributed by atoms with van der Waals surface area (Å²) in [5.41, 5.74) is 18.9. The highest BCUT2D eigenvalue weighted by Gasteiger charge is 2.20. The van der Waals surface area contributed by atoms with Crippen LogP contribution in [0.15, 0.2) is 244 Å². The van der Waals surface area contributed by atoms with Crippen molar-refractivity contribution in [1.29, 1.82) is 0 Å². The number of aromatic nitrogens is 2. The molecule has 0 aliphatic carbocycles. The first kappa shape index (κ1) is 38.6. The van der Waals surface area contributed by atoms with Gasteiger partial charge in [-0.1, -0.05) is 133 Å². The van der Waals surface area contributed by atoms with Gasteiger partial charge in [-0.05, 0) is 130 Å². The third-order valence-corrected chi connectivity index (χ3v) is 14.2. The highest BCUT2D eigenvalue weighted by molar-refractivity contribution is 6.17. The first-order valence-electron chi connectivity index (χ1n) is 23.7. The summed E-state index contributed by atoms with van der Waals surface area (Å²) in [6, 6.07) is 81.4. The molecule has 0 radical (unpaired) electrons. The van der Waals surface area contributed by atoms with Crippen LogP contribution in [0.25, 0.3) is 149 Å². The fourth-order valence-electron chi connectivity index (χ4n) is 11.0. The zero-order valence-electron chi connectivity index (χ0n) is 37.6. The second-order valence-corrected chi connectivity index (χ2v) is 18.2. The average molecular weight is 895 g/mol. The Morgan fingerprint density at radius 1 is 0.271 bits per heavy atom. The van der Waals surface area contributed by atoms with Crippen LogP contribution in [0, 0.1) is 0 Å². The first-order valence-corrected chi connectivity index (χ1v) is 23.7. The second-order valence-electron chi connectivity index (χ2n) is 18.2. The Kier molecular flexibility index (Phi) is 8.29. The summed E-state index contributed by atoms with van der Waals surface area (Å²) in [5.74, 6) is 0. The fourth-order valence-corrected chi connectivity index (χ4v) is 11.0. The largest absolute Gasteiger partial charge is 0.456 e. The number of nitrogens with zero attached hydrogens (tertiary/aromatic N) is 2. The van der Waals surface area contributed by atoms with E-state index in [9.17, 15) is 0 Å². The van der Waals surface area contributed by atoms with Gasteiger partial charge in [0.1, 0.15) is 33.5 Å². The van der Waals surface area contributed by atoms with Gasteiger partial charge in [-0.15, -0.1) is 0 Å². The van der Waals surface area contributed by atoms with Gasteiger partial charge in [0.2, 0.25) is 0 Å². The molecule has 5 heterocycles. The number of hydrogen-bond donors (Lipinski definition) is 0. The molecule has 0 saturated heterocycles. The molecule has 0 fully saturated rings. The van der Waals surface area contributed by atoms with Gasteiger partial charge in [0, 0.05) is 59.9 Å². The van der Waals surface area contributed by atoms with Crippen molar-refractivity contribution >= 4 is 87.6 Å². The summed E-state index contributed by atoms with van der Waals surface area (Å²) in [6.45, 7) is 0. The van der Waals surface area contributed by atoms with Gasteiger partial charge in [0.25, 0.3) is 0 Å². The van der Waals surface area contributed by atoms with Crippen molar-refractivity contribution in [3.05, 3.63) is 231 Å². The first-order chi connectivity index (χ1) is 34.7. The average Bonchev–Trinajstić information content (AvgIpc) is 4.19. The number of benzene rings is 10. The van der Waals surface area contributed by atoms with Crippen LogP contribution in [0.4, 0.5) is 0 Å². The molecule has 10 aromatic carbocycles. The molecule has 5 heteroatoms. The van der Waals surface area contributed by atoms with Gasteiger partial charge in [-0.3, -0.25) is 0 Å². The van der Waals surface area contributed by atoms with Crippen molar-refractivity contribution in [1.82, 2.24) is 9.55 Å². The van der Waals surface area contributed by atoms with Crippen LogP contribution in [-0.4, -0.2) is 9.55 Å². The molecule has 326 valence electrons. The maximum atomic E-state index is 6.64. The van der Waals surface area contributed by atoms with Crippen LogP contribution in [0.3, 0.4) is 0 Å². The molecule has 0 aliphatic rings. The third kappa shape index (κ3) is 5.95. The number of para-hydroxylation sites is 3. The molecule has 0 saturated carbocycles. The maximum Gasteiger partial charge on any atom is 0.136 e. The van der Waals surface area contributed by atoms with Gasteiger partial charge >= 0.3 is 0 Å². The highest BCUT2D eigenvalue weighted by Crippen LogP contribution is 2.44. The molecule has 5 nitrogen and oxygen atoms in total. The Bertz CT molecular complexity index is 4590. The minimum atomic E-state index is 0.808. The number of pyridine rings is 1. The number of furan rings is 3. The quantitative estimate of drug-likeness (QED) is 0.167. The molecule has 0 atom stereocenters. The molecule has 0 N–H and O–H groups in total. The summed E-state index contributed by atoms with van der Waals surface area (Å²) in [5, 5.41) is 8.86. The van der Waals surface area contributed by atoms with E-state index < -0.39 is 0 Å². The standard InChI is InChI=1S/C65H38N2O3/c1-3-13-39(14-4-1)54-36-44(42-25-29-49-48-18-8-10-22-58(48)70-63(49)38-42)37-55(66-54)50-20-12-24-62-65(50)53-35-43(28-32-60(53)69-62)46-19-11-23-61-64(46)52-34-41(27-31-59(52)68-61)40-26-30-57-51(33-40)47-17-7-9-21-56(47)67(57)45-15-5-2-6-16-45/h1-38H. The fraction of sp³-hybridized carbons (Fsp3) is 0. The molecule has 5 aromatic heterocycles. The molecule has 0 spiro atoms. The Morgan fingerprint density at radius 3 is 1.60 bits per heavy atom. The van der Waals surface area contributed by atoms with Crippen LogP contribution in [0.1, 0.15) is 0 Å². The Morgan fingerprint density at radius 2 is 0.800 bits per heavy atom. The summed E-state index contributed by atoms with van der Waals surface area (Å²) in [6.07, 6.45) is 0. The Labute approximate surface area is 400 Å². The van der Waals surface area contributed by atoms with Crippen LogP contribution in [0.5, 0.6) is 0 Å². The molecule has 0 aliphatic heterocycles. The molecule has 15 aromatic rings. The summed E-state index contributed by atoms with van der Waals surface area (Å²) >= 11 is 0. The lowest BCUT2D eigenvalue weighted by molar-refractivity contribution is 0.668. The number of rotatable bonds is 6. The zero-order chi connectivity index (χ0) is 45.9. The third-order valence-electron chi connectivity index (χ3n) is 14.2. The maximum absolute atomic E-state index is 6.64. The van der Waals surface area contributed by atoms with Crippen molar-refractivity contribution < 1.29 is 13.3 Å². The van der Waals surface area contributed by atoms with Gasteiger partial charge < -0.3 is 17.8 Å². The number of fused-ring (bicyclic) bond motifs is 12. The van der Waals surface area contributed by atoms with Crippen molar-refractivity contribution in [2.24, 2.45) is 0 Å². The van der Waals surface area contributed by atoms with E-state index in [0.29, 0.717) is 0 Å². The van der Waals surface area contributed by atoms with E-state index in [-0.39, 0.29) is 0 Å². The van der Waals surface area contributed by atoms with Gasteiger partial charge in [-0.2, -0.15) is 0 Å². The number of hydrogen-bond acceptors (Lipinski definition) is 4. The molecule has 0 bridgehead atoms. The van der Waals surface area contributed by atoms with E-state index in [0.717, 1.165) is 127 Å². The topological polar surface area (TPSA) is 57.2 Å².